The highest BCUT2D eigenvalue weighted by Gasteiger charge is 2.45. The van der Waals surface area contributed by atoms with E-state index in [1.165, 1.54) is 11.8 Å². The summed E-state index contributed by atoms with van der Waals surface area (Å²) in [5.41, 5.74) is 2.50. The molecule has 118 valence electrons. The average Bonchev–Trinajstić information content (AvgIpc) is 2.89. The summed E-state index contributed by atoms with van der Waals surface area (Å²) in [5.74, 6) is -0.0999. The highest BCUT2D eigenvalue weighted by molar-refractivity contribution is 6.30. The zero-order valence-electron chi connectivity index (χ0n) is 12.6. The number of nitrogens with one attached hydrogen (secondary N) is 1. The van der Waals surface area contributed by atoms with Gasteiger partial charge >= 0.3 is 0 Å². The summed E-state index contributed by atoms with van der Waals surface area (Å²) in [4.78, 5) is 22.9. The molecule has 1 spiro atoms. The van der Waals surface area contributed by atoms with Gasteiger partial charge in [-0.05, 0) is 49.7 Å². The van der Waals surface area contributed by atoms with Crippen LogP contribution in [0.3, 0.4) is 0 Å². The van der Waals surface area contributed by atoms with Crippen molar-refractivity contribution < 1.29 is 4.79 Å². The fourth-order valence-corrected chi connectivity index (χ4v) is 3.88. The van der Waals surface area contributed by atoms with E-state index in [1.54, 1.807) is 12.4 Å². The van der Waals surface area contributed by atoms with Crippen molar-refractivity contribution in [3.05, 3.63) is 53.1 Å². The molecule has 0 bridgehead atoms. The van der Waals surface area contributed by atoms with Gasteiger partial charge in [-0.3, -0.25) is 9.78 Å². The van der Waals surface area contributed by atoms with Gasteiger partial charge in [0.25, 0.3) is 5.91 Å². The van der Waals surface area contributed by atoms with Crippen molar-refractivity contribution in [2.75, 3.05) is 24.5 Å². The molecule has 0 atom stereocenters. The normalized spacial score (nSPS) is 18.9. The molecule has 1 aromatic heterocycles. The van der Waals surface area contributed by atoms with E-state index in [0.29, 0.717) is 12.2 Å². The maximum atomic E-state index is 12.9. The fourth-order valence-electron chi connectivity index (χ4n) is 3.70. The van der Waals surface area contributed by atoms with Crippen LogP contribution < -0.4 is 10.2 Å². The van der Waals surface area contributed by atoms with Gasteiger partial charge in [-0.15, -0.1) is 0 Å². The molecular weight excluding hydrogens is 312 g/mol. The predicted octanol–water partition coefficient (Wildman–Crippen LogP) is 2.41. The lowest BCUT2D eigenvalue weighted by Gasteiger charge is -2.34. The summed E-state index contributed by atoms with van der Waals surface area (Å²) in [6, 6.07) is 5.81. The van der Waals surface area contributed by atoms with Gasteiger partial charge in [-0.1, -0.05) is 11.6 Å². The van der Waals surface area contributed by atoms with E-state index in [4.69, 9.17) is 11.6 Å². The third-order valence-electron chi connectivity index (χ3n) is 4.87. The van der Waals surface area contributed by atoms with Gasteiger partial charge in [-0.25, -0.2) is 4.98 Å². The minimum Gasteiger partial charge on any atom is -0.317 e. The van der Waals surface area contributed by atoms with E-state index in [-0.39, 0.29) is 11.3 Å². The number of fused-ring (bicyclic) bond motifs is 2. The van der Waals surface area contributed by atoms with Gasteiger partial charge in [0, 0.05) is 35.1 Å². The fraction of sp³-hybridized carbons (Fsp3) is 0.353. The number of halogens is 1. The molecule has 1 amide bonds. The Hall–Kier alpha value is -1.98. The number of aromatic nitrogens is 2. The second-order valence-corrected chi connectivity index (χ2v) is 6.61. The first-order chi connectivity index (χ1) is 11.2. The highest BCUT2D eigenvalue weighted by atomic mass is 35.5. The van der Waals surface area contributed by atoms with E-state index < -0.39 is 0 Å². The van der Waals surface area contributed by atoms with Gasteiger partial charge in [-0.2, -0.15) is 0 Å². The number of benzene rings is 1. The first-order valence-electron chi connectivity index (χ1n) is 7.78. The Morgan fingerprint density at radius 1 is 1.26 bits per heavy atom. The van der Waals surface area contributed by atoms with Crippen LogP contribution in [0.25, 0.3) is 0 Å². The smallest absolute Gasteiger partial charge is 0.278 e. The van der Waals surface area contributed by atoms with Crippen LogP contribution in [0, 0.1) is 0 Å². The number of piperidine rings is 1. The molecule has 1 N–H and O–H groups in total. The van der Waals surface area contributed by atoms with Crippen LogP contribution in [0.5, 0.6) is 0 Å². The second kappa shape index (κ2) is 5.58. The molecule has 2 aromatic rings. The summed E-state index contributed by atoms with van der Waals surface area (Å²) in [5, 5.41) is 4.12. The van der Waals surface area contributed by atoms with Crippen LogP contribution in [-0.2, 0) is 5.41 Å². The van der Waals surface area contributed by atoms with E-state index in [0.717, 1.165) is 36.6 Å². The molecule has 2 aliphatic heterocycles. The van der Waals surface area contributed by atoms with Crippen LogP contribution in [-0.4, -0.2) is 35.5 Å². The summed E-state index contributed by atoms with van der Waals surface area (Å²) in [6.45, 7) is 2.60. The van der Waals surface area contributed by atoms with Crippen molar-refractivity contribution in [2.24, 2.45) is 0 Å². The largest absolute Gasteiger partial charge is 0.317 e. The van der Waals surface area contributed by atoms with E-state index >= 15 is 0 Å². The molecule has 0 saturated carbocycles. The van der Waals surface area contributed by atoms with Crippen LogP contribution >= 0.6 is 11.6 Å². The first-order valence-corrected chi connectivity index (χ1v) is 8.16. The molecule has 4 rings (SSSR count). The average molecular weight is 329 g/mol. The molecule has 2 aliphatic rings. The summed E-state index contributed by atoms with van der Waals surface area (Å²) in [7, 11) is 0. The Bertz CT molecular complexity index is 744. The molecular formula is C17H17ClN4O. The van der Waals surface area contributed by atoms with Crippen molar-refractivity contribution >= 4 is 23.2 Å². The maximum Gasteiger partial charge on any atom is 0.278 e. The molecule has 5 nitrogen and oxygen atoms in total. The van der Waals surface area contributed by atoms with Gasteiger partial charge in [0.05, 0.1) is 6.20 Å². The van der Waals surface area contributed by atoms with Crippen LogP contribution in [0.2, 0.25) is 5.02 Å². The van der Waals surface area contributed by atoms with Crippen LogP contribution in [0.15, 0.2) is 36.8 Å². The zero-order chi connectivity index (χ0) is 15.9. The monoisotopic (exact) mass is 328 g/mol. The minimum absolute atomic E-state index is 0.0106. The number of nitrogens with zero attached hydrogens (tertiary/aromatic N) is 3. The number of amides is 1. The molecule has 1 aromatic carbocycles. The number of rotatable bonds is 1. The Kier molecular flexibility index (Phi) is 3.54. The number of carbonyl (C=O) groups is 1. The van der Waals surface area contributed by atoms with Gasteiger partial charge < -0.3 is 10.2 Å². The molecule has 3 heterocycles. The van der Waals surface area contributed by atoms with Gasteiger partial charge in [0.1, 0.15) is 5.69 Å². The summed E-state index contributed by atoms with van der Waals surface area (Å²) >= 11 is 6.23. The summed E-state index contributed by atoms with van der Waals surface area (Å²) < 4.78 is 0. The van der Waals surface area contributed by atoms with E-state index in [9.17, 15) is 4.79 Å². The molecule has 6 heteroatoms. The van der Waals surface area contributed by atoms with Gasteiger partial charge in [0.15, 0.2) is 0 Å². The van der Waals surface area contributed by atoms with Crippen molar-refractivity contribution in [3.8, 4) is 0 Å². The topological polar surface area (TPSA) is 58.1 Å². The van der Waals surface area contributed by atoms with Crippen molar-refractivity contribution in [2.45, 2.75) is 18.3 Å². The highest BCUT2D eigenvalue weighted by Crippen LogP contribution is 2.47. The van der Waals surface area contributed by atoms with Crippen LogP contribution in [0.1, 0.15) is 28.9 Å². The van der Waals surface area contributed by atoms with Gasteiger partial charge in [0.2, 0.25) is 0 Å². The number of anilines is 1. The number of hydrogen-bond acceptors (Lipinski definition) is 4. The standard InChI is InChI=1S/C17H17ClN4O/c18-12-1-2-15-13(9-12)17(3-5-19-6-4-17)11-22(15)16(23)14-10-20-7-8-21-14/h1-2,7-10,19H,3-6,11H2. The van der Waals surface area contributed by atoms with Crippen molar-refractivity contribution in [3.63, 3.8) is 0 Å². The second-order valence-electron chi connectivity index (χ2n) is 6.17. The molecule has 23 heavy (non-hydrogen) atoms. The maximum absolute atomic E-state index is 12.9. The Morgan fingerprint density at radius 3 is 2.83 bits per heavy atom. The molecule has 0 aliphatic carbocycles. The SMILES string of the molecule is O=C(c1cnccn1)N1CC2(CCNCC2)c2cc(Cl)ccc21. The van der Waals surface area contributed by atoms with E-state index in [1.807, 2.05) is 23.1 Å². The van der Waals surface area contributed by atoms with E-state index in [2.05, 4.69) is 15.3 Å². The molecule has 1 saturated heterocycles. The quantitative estimate of drug-likeness (QED) is 0.873. The third kappa shape index (κ3) is 2.40. The van der Waals surface area contributed by atoms with Crippen LogP contribution in [0.4, 0.5) is 5.69 Å². The molecule has 1 fully saturated rings. The molecule has 0 radical (unpaired) electrons. The number of hydrogen-bond donors (Lipinski definition) is 1. The Labute approximate surface area is 139 Å². The number of carbonyl (C=O) groups excluding carboxylic acids is 1. The lowest BCUT2D eigenvalue weighted by molar-refractivity contribution is 0.0977. The Balaban J connectivity index is 1.77. The molecule has 0 unspecified atom stereocenters. The minimum atomic E-state index is -0.0999. The lowest BCUT2D eigenvalue weighted by atomic mass is 9.75. The zero-order valence-corrected chi connectivity index (χ0v) is 13.4. The predicted molar refractivity (Wildman–Crippen MR) is 88.9 cm³/mol. The third-order valence-corrected chi connectivity index (χ3v) is 5.10. The Morgan fingerprint density at radius 2 is 2.09 bits per heavy atom. The van der Waals surface area contributed by atoms with Crippen molar-refractivity contribution in [1.82, 2.24) is 15.3 Å². The lowest BCUT2D eigenvalue weighted by Crippen LogP contribution is -2.44. The summed E-state index contributed by atoms with van der Waals surface area (Å²) in [6.07, 6.45) is 6.65. The first kappa shape index (κ1) is 14.6. The van der Waals surface area contributed by atoms with Crippen molar-refractivity contribution in [1.29, 1.82) is 0 Å².